The second-order valence-electron chi connectivity index (χ2n) is 10.4. The van der Waals surface area contributed by atoms with E-state index in [1.165, 1.54) is 49.7 Å². The molecule has 1 N–H and O–H groups in total. The Kier molecular flexibility index (Phi) is 8.64. The van der Waals surface area contributed by atoms with Gasteiger partial charge in [-0.15, -0.1) is 0 Å². The van der Waals surface area contributed by atoms with Gasteiger partial charge in [0.1, 0.15) is 6.54 Å². The van der Waals surface area contributed by atoms with Crippen molar-refractivity contribution in [1.82, 2.24) is 4.90 Å². The van der Waals surface area contributed by atoms with E-state index in [1.807, 2.05) is 0 Å². The van der Waals surface area contributed by atoms with Gasteiger partial charge in [0.25, 0.3) is 0 Å². The molecule has 1 unspecified atom stereocenters. The molecule has 5 heteroatoms. The topological polar surface area (TPSA) is 44.8 Å². The molecule has 1 aliphatic carbocycles. The van der Waals surface area contributed by atoms with Crippen LogP contribution in [0, 0.1) is 11.3 Å². The fraction of sp³-hybridized carbons (Fsp3) is 0.667. The van der Waals surface area contributed by atoms with Crippen LogP contribution in [0.4, 0.5) is 11.4 Å². The number of methoxy groups -OCH3 is 1. The largest absolute Gasteiger partial charge is 0.468 e. The maximum Gasteiger partial charge on any atom is 0.325 e. The summed E-state index contributed by atoms with van der Waals surface area (Å²) in [6, 6.07) is 6.49. The Hall–Kier alpha value is -2.01. The lowest BCUT2D eigenvalue weighted by Crippen LogP contribution is -2.47. The molecule has 0 radical (unpaired) electrons. The fourth-order valence-corrected chi connectivity index (χ4v) is 4.97. The summed E-state index contributed by atoms with van der Waals surface area (Å²) < 4.78 is 4.87. The SMILES string of the molecule is CCCCN1CCN(c2c(NCC(=O)OC)cccc2C2=CCC(C(C)(C)C)CC2)CC1. The summed E-state index contributed by atoms with van der Waals surface area (Å²) in [5.41, 5.74) is 5.43. The zero-order valence-corrected chi connectivity index (χ0v) is 20.9. The molecule has 1 saturated heterocycles. The molecule has 178 valence electrons. The smallest absolute Gasteiger partial charge is 0.325 e. The van der Waals surface area contributed by atoms with Gasteiger partial charge in [-0.05, 0) is 55.2 Å². The highest BCUT2D eigenvalue weighted by Gasteiger charge is 2.28. The number of anilines is 2. The van der Waals surface area contributed by atoms with E-state index in [0.29, 0.717) is 5.41 Å². The van der Waals surface area contributed by atoms with Crippen molar-refractivity contribution < 1.29 is 9.53 Å². The number of hydrogen-bond donors (Lipinski definition) is 1. The van der Waals surface area contributed by atoms with Crippen molar-refractivity contribution in [2.24, 2.45) is 11.3 Å². The normalized spacial score (nSPS) is 20.1. The summed E-state index contributed by atoms with van der Waals surface area (Å²) in [5.74, 6) is 0.494. The molecular formula is C27H43N3O2. The van der Waals surface area contributed by atoms with Crippen LogP contribution in [-0.2, 0) is 9.53 Å². The molecular weight excluding hydrogens is 398 g/mol. The molecule has 1 aromatic rings. The molecule has 1 aliphatic heterocycles. The number of nitrogens with zero attached hydrogens (tertiary/aromatic N) is 2. The first kappa shape index (κ1) is 24.6. The predicted molar refractivity (Wildman–Crippen MR) is 135 cm³/mol. The van der Waals surface area contributed by atoms with Crippen LogP contribution in [0.25, 0.3) is 5.57 Å². The molecule has 0 saturated carbocycles. The van der Waals surface area contributed by atoms with Crippen LogP contribution in [0.2, 0.25) is 0 Å². The maximum atomic E-state index is 11.8. The van der Waals surface area contributed by atoms with Crippen molar-refractivity contribution in [3.63, 3.8) is 0 Å². The van der Waals surface area contributed by atoms with E-state index in [9.17, 15) is 4.79 Å². The molecule has 1 aromatic carbocycles. The minimum atomic E-state index is -0.240. The Bertz CT molecular complexity index is 789. The number of carbonyl (C=O) groups is 1. The first-order valence-corrected chi connectivity index (χ1v) is 12.4. The molecule has 32 heavy (non-hydrogen) atoms. The summed E-state index contributed by atoms with van der Waals surface area (Å²) in [5, 5.41) is 3.36. The van der Waals surface area contributed by atoms with Crippen LogP contribution < -0.4 is 10.2 Å². The van der Waals surface area contributed by atoms with Crippen LogP contribution in [0.5, 0.6) is 0 Å². The third-order valence-electron chi connectivity index (χ3n) is 7.18. The second kappa shape index (κ2) is 11.2. The molecule has 2 aliphatic rings. The summed E-state index contributed by atoms with van der Waals surface area (Å²) in [7, 11) is 1.44. The van der Waals surface area contributed by atoms with E-state index < -0.39 is 0 Å². The van der Waals surface area contributed by atoms with Crippen molar-refractivity contribution in [2.75, 3.05) is 56.6 Å². The summed E-state index contributed by atoms with van der Waals surface area (Å²) in [4.78, 5) is 16.9. The number of allylic oxidation sites excluding steroid dienone is 2. The number of para-hydroxylation sites is 1. The van der Waals surface area contributed by atoms with E-state index in [2.05, 4.69) is 67.1 Å². The highest BCUT2D eigenvalue weighted by atomic mass is 16.5. The Morgan fingerprint density at radius 2 is 1.94 bits per heavy atom. The van der Waals surface area contributed by atoms with Gasteiger partial charge in [0.15, 0.2) is 0 Å². The van der Waals surface area contributed by atoms with Crippen LogP contribution in [0.3, 0.4) is 0 Å². The average molecular weight is 442 g/mol. The number of piperazine rings is 1. The molecule has 0 aromatic heterocycles. The first-order valence-electron chi connectivity index (χ1n) is 12.4. The summed E-state index contributed by atoms with van der Waals surface area (Å²) in [6.45, 7) is 14.9. The van der Waals surface area contributed by atoms with E-state index >= 15 is 0 Å². The molecule has 1 heterocycles. The number of unbranched alkanes of at least 4 members (excludes halogenated alkanes) is 1. The fourth-order valence-electron chi connectivity index (χ4n) is 4.97. The molecule has 5 nitrogen and oxygen atoms in total. The number of ether oxygens (including phenoxy) is 1. The van der Waals surface area contributed by atoms with Gasteiger partial charge in [0.2, 0.25) is 0 Å². The van der Waals surface area contributed by atoms with Crippen molar-refractivity contribution in [2.45, 2.75) is 59.8 Å². The number of carbonyl (C=O) groups excluding carboxylic acids is 1. The minimum absolute atomic E-state index is 0.189. The molecule has 3 rings (SSSR count). The number of rotatable bonds is 8. The van der Waals surface area contributed by atoms with Gasteiger partial charge >= 0.3 is 5.97 Å². The van der Waals surface area contributed by atoms with Gasteiger partial charge < -0.3 is 15.0 Å². The van der Waals surface area contributed by atoms with Gasteiger partial charge in [-0.1, -0.05) is 52.3 Å². The lowest BCUT2D eigenvalue weighted by atomic mass is 9.72. The van der Waals surface area contributed by atoms with Gasteiger partial charge in [0, 0.05) is 31.7 Å². The molecule has 0 spiro atoms. The summed E-state index contributed by atoms with van der Waals surface area (Å²) >= 11 is 0. The predicted octanol–water partition coefficient (Wildman–Crippen LogP) is 5.42. The monoisotopic (exact) mass is 441 g/mol. The number of benzene rings is 1. The second-order valence-corrected chi connectivity index (χ2v) is 10.4. The van der Waals surface area contributed by atoms with Gasteiger partial charge in [-0.25, -0.2) is 0 Å². The number of hydrogen-bond acceptors (Lipinski definition) is 5. The number of nitrogens with one attached hydrogen (secondary N) is 1. The van der Waals surface area contributed by atoms with Crippen LogP contribution >= 0.6 is 0 Å². The van der Waals surface area contributed by atoms with Gasteiger partial charge in [-0.2, -0.15) is 0 Å². The maximum absolute atomic E-state index is 11.8. The highest BCUT2D eigenvalue weighted by molar-refractivity contribution is 5.87. The first-order chi connectivity index (χ1) is 15.3. The lowest BCUT2D eigenvalue weighted by molar-refractivity contribution is -0.138. The minimum Gasteiger partial charge on any atom is -0.468 e. The van der Waals surface area contributed by atoms with Crippen molar-refractivity contribution in [3.05, 3.63) is 29.8 Å². The average Bonchev–Trinajstić information content (AvgIpc) is 2.80. The van der Waals surface area contributed by atoms with E-state index in [4.69, 9.17) is 4.74 Å². The zero-order valence-electron chi connectivity index (χ0n) is 20.9. The Balaban J connectivity index is 1.85. The third-order valence-corrected chi connectivity index (χ3v) is 7.18. The molecule has 1 fully saturated rings. The van der Waals surface area contributed by atoms with Crippen LogP contribution in [-0.4, -0.2) is 57.2 Å². The Morgan fingerprint density at radius 1 is 1.19 bits per heavy atom. The van der Waals surface area contributed by atoms with Crippen LogP contribution in [0.1, 0.15) is 65.4 Å². The van der Waals surface area contributed by atoms with Crippen molar-refractivity contribution in [1.29, 1.82) is 0 Å². The molecule has 1 atom stereocenters. The van der Waals surface area contributed by atoms with Gasteiger partial charge in [-0.3, -0.25) is 9.69 Å². The van der Waals surface area contributed by atoms with E-state index in [1.54, 1.807) is 0 Å². The van der Waals surface area contributed by atoms with E-state index in [-0.39, 0.29) is 12.5 Å². The number of esters is 1. The standard InChI is InChI=1S/C27H43N3O2/c1-6-7-15-29-16-18-30(19-17-29)26-23(9-8-10-24(26)28-20-25(31)32-5)21-11-13-22(14-12-21)27(2,3)4/h8-11,22,28H,6-7,12-20H2,1-5H3. The Morgan fingerprint density at radius 3 is 2.53 bits per heavy atom. The zero-order chi connectivity index (χ0) is 23.1. The van der Waals surface area contributed by atoms with Crippen molar-refractivity contribution >= 4 is 22.9 Å². The summed E-state index contributed by atoms with van der Waals surface area (Å²) in [6.07, 6.45) is 8.48. The highest BCUT2D eigenvalue weighted by Crippen LogP contribution is 2.43. The van der Waals surface area contributed by atoms with Crippen LogP contribution in [0.15, 0.2) is 24.3 Å². The Labute approximate surface area is 195 Å². The molecule has 0 amide bonds. The third kappa shape index (κ3) is 6.28. The van der Waals surface area contributed by atoms with Crippen molar-refractivity contribution in [3.8, 4) is 0 Å². The lowest BCUT2D eigenvalue weighted by Gasteiger charge is -2.39. The van der Waals surface area contributed by atoms with Gasteiger partial charge in [0.05, 0.1) is 18.5 Å². The molecule has 0 bridgehead atoms. The quantitative estimate of drug-likeness (QED) is 0.546. The van der Waals surface area contributed by atoms with E-state index in [0.717, 1.165) is 50.6 Å².